The van der Waals surface area contributed by atoms with Crippen molar-refractivity contribution in [2.24, 2.45) is 0 Å². The Morgan fingerprint density at radius 3 is 2.35 bits per heavy atom. The zero-order valence-electron chi connectivity index (χ0n) is 14.7. The van der Waals surface area contributed by atoms with E-state index in [1.54, 1.807) is 31.2 Å². The molecule has 0 saturated carbocycles. The molecule has 0 aliphatic heterocycles. The van der Waals surface area contributed by atoms with Crippen LogP contribution in [0, 0.1) is 12.7 Å². The first-order valence-electron chi connectivity index (χ1n) is 7.88. The number of sulfonamides is 1. The summed E-state index contributed by atoms with van der Waals surface area (Å²) in [5.41, 5.74) is 1.21. The summed E-state index contributed by atoms with van der Waals surface area (Å²) in [7, 11) is -2.91. The van der Waals surface area contributed by atoms with Gasteiger partial charge in [-0.2, -0.15) is 0 Å². The third-order valence-electron chi connectivity index (χ3n) is 3.61. The van der Waals surface area contributed by atoms with Crippen molar-refractivity contribution in [1.82, 2.24) is 0 Å². The topological polar surface area (TPSA) is 72.9 Å². The minimum atomic E-state index is -4.19. The summed E-state index contributed by atoms with van der Waals surface area (Å²) < 4.78 is 50.6. The van der Waals surface area contributed by atoms with Crippen molar-refractivity contribution in [1.29, 1.82) is 0 Å². The van der Waals surface area contributed by atoms with Gasteiger partial charge >= 0.3 is 5.97 Å². The number of methoxy groups -OCH3 is 1. The molecule has 140 valence electrons. The van der Waals surface area contributed by atoms with E-state index in [0.29, 0.717) is 0 Å². The van der Waals surface area contributed by atoms with E-state index in [2.05, 4.69) is 0 Å². The number of nitrogens with zero attached hydrogens (tertiary/aromatic N) is 1. The van der Waals surface area contributed by atoms with E-state index in [0.717, 1.165) is 15.9 Å². The Morgan fingerprint density at radius 1 is 1.15 bits per heavy atom. The number of carbonyl (C=O) groups excluding carboxylic acids is 1. The van der Waals surface area contributed by atoms with Crippen LogP contribution in [0.2, 0.25) is 0 Å². The van der Waals surface area contributed by atoms with Crippen LogP contribution in [0.5, 0.6) is 5.75 Å². The summed E-state index contributed by atoms with van der Waals surface area (Å²) in [6, 6.07) is 9.90. The van der Waals surface area contributed by atoms with Crippen LogP contribution in [0.3, 0.4) is 0 Å². The van der Waals surface area contributed by atoms with Crippen LogP contribution in [0.4, 0.5) is 10.1 Å². The lowest BCUT2D eigenvalue weighted by Crippen LogP contribution is -2.36. The molecular formula is C18H20FNO5S. The smallest absolute Gasteiger partial charge is 0.326 e. The summed E-state index contributed by atoms with van der Waals surface area (Å²) in [5.74, 6) is -1.59. The van der Waals surface area contributed by atoms with Crippen LogP contribution >= 0.6 is 0 Å². The van der Waals surface area contributed by atoms with Crippen molar-refractivity contribution >= 4 is 21.7 Å². The molecule has 0 bridgehead atoms. The maximum Gasteiger partial charge on any atom is 0.326 e. The van der Waals surface area contributed by atoms with E-state index in [9.17, 15) is 17.6 Å². The van der Waals surface area contributed by atoms with Crippen molar-refractivity contribution in [2.75, 3.05) is 24.6 Å². The molecule has 0 heterocycles. The number of hydrogen-bond acceptors (Lipinski definition) is 5. The SMILES string of the molecule is CCOC(=O)CN(c1ccc(C)cc1)S(=O)(=O)c1ccc(OC)c(F)c1. The zero-order valence-corrected chi connectivity index (χ0v) is 15.5. The van der Waals surface area contributed by atoms with Gasteiger partial charge in [0.25, 0.3) is 10.0 Å². The molecule has 0 radical (unpaired) electrons. The molecule has 0 spiro atoms. The first kappa shape index (κ1) is 19.7. The Balaban J connectivity index is 2.49. The van der Waals surface area contributed by atoms with Gasteiger partial charge in [-0.1, -0.05) is 17.7 Å². The first-order chi connectivity index (χ1) is 12.3. The minimum absolute atomic E-state index is 0.0729. The van der Waals surface area contributed by atoms with Gasteiger partial charge in [-0.25, -0.2) is 12.8 Å². The van der Waals surface area contributed by atoms with Crippen molar-refractivity contribution in [2.45, 2.75) is 18.7 Å². The lowest BCUT2D eigenvalue weighted by Gasteiger charge is -2.24. The monoisotopic (exact) mass is 381 g/mol. The number of rotatable bonds is 7. The highest BCUT2D eigenvalue weighted by Crippen LogP contribution is 2.27. The van der Waals surface area contributed by atoms with Crippen molar-refractivity contribution in [3.63, 3.8) is 0 Å². The second-order valence-electron chi connectivity index (χ2n) is 5.45. The Morgan fingerprint density at radius 2 is 1.81 bits per heavy atom. The molecule has 0 aliphatic rings. The molecule has 6 nitrogen and oxygen atoms in total. The van der Waals surface area contributed by atoms with Crippen LogP contribution in [-0.2, 0) is 19.6 Å². The fraction of sp³-hybridized carbons (Fsp3) is 0.278. The average Bonchev–Trinajstić information content (AvgIpc) is 2.60. The Bertz CT molecular complexity index is 881. The molecule has 0 atom stereocenters. The molecule has 0 amide bonds. The zero-order chi connectivity index (χ0) is 19.3. The molecule has 0 aromatic heterocycles. The molecule has 2 aromatic rings. The maximum atomic E-state index is 14.0. The van der Waals surface area contributed by atoms with Crippen LogP contribution in [0.25, 0.3) is 0 Å². The molecule has 2 aromatic carbocycles. The Labute approximate surface area is 152 Å². The minimum Gasteiger partial charge on any atom is -0.494 e. The second kappa shape index (κ2) is 8.18. The van der Waals surface area contributed by atoms with Gasteiger partial charge in [-0.05, 0) is 44.2 Å². The van der Waals surface area contributed by atoms with Gasteiger partial charge in [-0.15, -0.1) is 0 Å². The average molecular weight is 381 g/mol. The summed E-state index contributed by atoms with van der Waals surface area (Å²) >= 11 is 0. The van der Waals surface area contributed by atoms with Crippen LogP contribution in [0.1, 0.15) is 12.5 Å². The molecule has 0 fully saturated rings. The van der Waals surface area contributed by atoms with Gasteiger partial charge in [0.15, 0.2) is 11.6 Å². The quantitative estimate of drug-likeness (QED) is 0.690. The lowest BCUT2D eigenvalue weighted by atomic mass is 10.2. The van der Waals surface area contributed by atoms with E-state index in [1.807, 2.05) is 6.92 Å². The largest absolute Gasteiger partial charge is 0.494 e. The number of ether oxygens (including phenoxy) is 2. The molecular weight excluding hydrogens is 361 g/mol. The standard InChI is InChI=1S/C18H20FNO5S/c1-4-25-18(21)12-20(14-7-5-13(2)6-8-14)26(22,23)15-9-10-17(24-3)16(19)11-15/h5-11H,4,12H2,1-3H3. The highest BCUT2D eigenvalue weighted by molar-refractivity contribution is 7.92. The number of hydrogen-bond donors (Lipinski definition) is 0. The Hall–Kier alpha value is -2.61. The second-order valence-corrected chi connectivity index (χ2v) is 7.31. The third kappa shape index (κ3) is 4.32. The number of esters is 1. The third-order valence-corrected chi connectivity index (χ3v) is 5.38. The number of benzene rings is 2. The predicted octanol–water partition coefficient (Wildman–Crippen LogP) is 2.90. The molecule has 2 rings (SSSR count). The molecule has 0 unspecified atom stereocenters. The van der Waals surface area contributed by atoms with E-state index >= 15 is 0 Å². The molecule has 8 heteroatoms. The van der Waals surface area contributed by atoms with Gasteiger partial charge in [0.2, 0.25) is 0 Å². The van der Waals surface area contributed by atoms with E-state index in [-0.39, 0.29) is 22.9 Å². The van der Waals surface area contributed by atoms with Crippen molar-refractivity contribution in [3.8, 4) is 5.75 Å². The summed E-state index contributed by atoms with van der Waals surface area (Å²) in [5, 5.41) is 0. The summed E-state index contributed by atoms with van der Waals surface area (Å²) in [6.07, 6.45) is 0. The number of anilines is 1. The van der Waals surface area contributed by atoms with Crippen molar-refractivity contribution < 1.29 is 27.1 Å². The van der Waals surface area contributed by atoms with Crippen LogP contribution in [-0.4, -0.2) is 34.6 Å². The van der Waals surface area contributed by atoms with Gasteiger partial charge in [0.1, 0.15) is 6.54 Å². The summed E-state index contributed by atoms with van der Waals surface area (Å²) in [4.78, 5) is 11.6. The number of halogens is 1. The first-order valence-corrected chi connectivity index (χ1v) is 9.32. The number of aryl methyl sites for hydroxylation is 1. The normalized spacial score (nSPS) is 11.1. The highest BCUT2D eigenvalue weighted by Gasteiger charge is 2.28. The maximum absolute atomic E-state index is 14.0. The molecule has 0 aliphatic carbocycles. The fourth-order valence-corrected chi connectivity index (χ4v) is 3.71. The van der Waals surface area contributed by atoms with Crippen LogP contribution < -0.4 is 9.04 Å². The van der Waals surface area contributed by atoms with Gasteiger partial charge in [-0.3, -0.25) is 9.10 Å². The molecule has 0 saturated heterocycles. The van der Waals surface area contributed by atoms with E-state index < -0.39 is 28.4 Å². The Kier molecular flexibility index (Phi) is 6.20. The highest BCUT2D eigenvalue weighted by atomic mass is 32.2. The van der Waals surface area contributed by atoms with Crippen LogP contribution in [0.15, 0.2) is 47.4 Å². The summed E-state index contributed by atoms with van der Waals surface area (Å²) in [6.45, 7) is 3.08. The molecule has 26 heavy (non-hydrogen) atoms. The van der Waals surface area contributed by atoms with Crippen molar-refractivity contribution in [3.05, 3.63) is 53.8 Å². The van der Waals surface area contributed by atoms with E-state index in [1.165, 1.54) is 19.2 Å². The van der Waals surface area contributed by atoms with Gasteiger partial charge < -0.3 is 9.47 Å². The predicted molar refractivity (Wildman–Crippen MR) is 95.3 cm³/mol. The fourth-order valence-electron chi connectivity index (χ4n) is 2.28. The lowest BCUT2D eigenvalue weighted by molar-refractivity contribution is -0.141. The van der Waals surface area contributed by atoms with Gasteiger partial charge in [0, 0.05) is 0 Å². The molecule has 0 N–H and O–H groups in total. The van der Waals surface area contributed by atoms with Gasteiger partial charge in [0.05, 0.1) is 24.3 Å². The van der Waals surface area contributed by atoms with E-state index in [4.69, 9.17) is 9.47 Å². The number of carbonyl (C=O) groups is 1.